The molecule has 2 heterocycles. The standard InChI is InChI=1S/C20H22FN3O2/c1-23(19(25)26)17-10-20(11-17)8-9-24(13-20)18-7-4-15(12-22-18)14-2-5-16(21)6-3-14/h2-7,12,17H,8-11,13H2,1H3,(H,25,26). The third-order valence-corrected chi connectivity index (χ3v) is 5.87. The summed E-state index contributed by atoms with van der Waals surface area (Å²) in [6, 6.07) is 10.6. The predicted octanol–water partition coefficient (Wildman–Crippen LogP) is 3.86. The molecule has 1 N–H and O–H groups in total. The predicted molar refractivity (Wildman–Crippen MR) is 97.7 cm³/mol. The summed E-state index contributed by atoms with van der Waals surface area (Å²) in [7, 11) is 1.66. The molecule has 0 bridgehead atoms. The molecule has 1 aromatic heterocycles. The lowest BCUT2D eigenvalue weighted by atomic mass is 9.64. The van der Waals surface area contributed by atoms with E-state index in [1.54, 1.807) is 19.2 Å². The molecular formula is C20H22FN3O2. The van der Waals surface area contributed by atoms with Gasteiger partial charge < -0.3 is 14.9 Å². The lowest BCUT2D eigenvalue weighted by Gasteiger charge is -2.48. The van der Waals surface area contributed by atoms with Crippen LogP contribution in [0, 0.1) is 11.2 Å². The highest BCUT2D eigenvalue weighted by molar-refractivity contribution is 5.65. The summed E-state index contributed by atoms with van der Waals surface area (Å²) in [5.74, 6) is 0.704. The first kappa shape index (κ1) is 16.8. The van der Waals surface area contributed by atoms with Gasteiger partial charge in [-0.15, -0.1) is 0 Å². The lowest BCUT2D eigenvalue weighted by Crippen LogP contribution is -2.52. The Balaban J connectivity index is 1.40. The van der Waals surface area contributed by atoms with Crippen molar-refractivity contribution < 1.29 is 14.3 Å². The van der Waals surface area contributed by atoms with Crippen LogP contribution in [0.4, 0.5) is 15.0 Å². The van der Waals surface area contributed by atoms with Crippen molar-refractivity contribution in [2.75, 3.05) is 25.0 Å². The fourth-order valence-electron chi connectivity index (χ4n) is 4.22. The molecule has 2 aromatic rings. The summed E-state index contributed by atoms with van der Waals surface area (Å²) in [4.78, 5) is 19.4. The average molecular weight is 355 g/mol. The minimum absolute atomic E-state index is 0.140. The third-order valence-electron chi connectivity index (χ3n) is 5.87. The molecule has 1 aliphatic carbocycles. The monoisotopic (exact) mass is 355 g/mol. The maximum absolute atomic E-state index is 13.0. The number of carbonyl (C=O) groups is 1. The summed E-state index contributed by atoms with van der Waals surface area (Å²) in [6.45, 7) is 1.88. The summed E-state index contributed by atoms with van der Waals surface area (Å²) in [5.41, 5.74) is 2.14. The van der Waals surface area contributed by atoms with Gasteiger partial charge in [0.15, 0.2) is 0 Å². The quantitative estimate of drug-likeness (QED) is 0.908. The van der Waals surface area contributed by atoms with Gasteiger partial charge in [0.1, 0.15) is 11.6 Å². The van der Waals surface area contributed by atoms with Crippen molar-refractivity contribution in [1.29, 1.82) is 0 Å². The third kappa shape index (κ3) is 3.00. The number of carboxylic acid groups (broad SMARTS) is 1. The molecule has 4 rings (SSSR count). The van der Waals surface area contributed by atoms with Gasteiger partial charge in [0.25, 0.3) is 0 Å². The number of anilines is 1. The highest BCUT2D eigenvalue weighted by Gasteiger charge is 2.50. The Hall–Kier alpha value is -2.63. The summed E-state index contributed by atoms with van der Waals surface area (Å²) in [5, 5.41) is 9.10. The minimum Gasteiger partial charge on any atom is -0.465 e. The molecule has 1 saturated heterocycles. The molecule has 1 amide bonds. The smallest absolute Gasteiger partial charge is 0.407 e. The highest BCUT2D eigenvalue weighted by Crippen LogP contribution is 2.50. The Morgan fingerprint density at radius 2 is 1.92 bits per heavy atom. The SMILES string of the molecule is CN(C(=O)O)C1CC2(CCN(c3ccc(-c4ccc(F)cc4)cn3)C2)C1. The molecule has 1 aromatic carbocycles. The fourth-order valence-corrected chi connectivity index (χ4v) is 4.22. The molecule has 0 radical (unpaired) electrons. The van der Waals surface area contributed by atoms with Crippen molar-refractivity contribution >= 4 is 11.9 Å². The molecule has 0 unspecified atom stereocenters. The molecule has 26 heavy (non-hydrogen) atoms. The number of hydrogen-bond donors (Lipinski definition) is 1. The molecular weight excluding hydrogens is 333 g/mol. The molecule has 136 valence electrons. The molecule has 2 aliphatic rings. The lowest BCUT2D eigenvalue weighted by molar-refractivity contribution is 0.0330. The Labute approximate surface area is 152 Å². The Morgan fingerprint density at radius 3 is 2.54 bits per heavy atom. The topological polar surface area (TPSA) is 56.7 Å². The molecule has 1 aliphatic heterocycles. The first-order valence-electron chi connectivity index (χ1n) is 8.89. The fraction of sp³-hybridized carbons (Fsp3) is 0.400. The zero-order valence-electron chi connectivity index (χ0n) is 14.7. The van der Waals surface area contributed by atoms with Crippen LogP contribution < -0.4 is 4.90 Å². The molecule has 6 heteroatoms. The molecule has 0 atom stereocenters. The van der Waals surface area contributed by atoms with E-state index < -0.39 is 6.09 Å². The first-order valence-corrected chi connectivity index (χ1v) is 8.89. The van der Waals surface area contributed by atoms with Gasteiger partial charge in [0, 0.05) is 37.9 Å². The van der Waals surface area contributed by atoms with Gasteiger partial charge in [-0.25, -0.2) is 14.2 Å². The number of nitrogens with zero attached hydrogens (tertiary/aromatic N) is 3. The van der Waals surface area contributed by atoms with Crippen LogP contribution in [-0.4, -0.2) is 47.3 Å². The van der Waals surface area contributed by atoms with Crippen molar-refractivity contribution in [3.05, 3.63) is 48.4 Å². The second-order valence-electron chi connectivity index (χ2n) is 7.54. The van der Waals surface area contributed by atoms with E-state index in [2.05, 4.69) is 9.88 Å². The van der Waals surface area contributed by atoms with E-state index in [0.29, 0.717) is 0 Å². The van der Waals surface area contributed by atoms with Gasteiger partial charge in [-0.1, -0.05) is 12.1 Å². The number of aromatic nitrogens is 1. The largest absolute Gasteiger partial charge is 0.465 e. The maximum Gasteiger partial charge on any atom is 0.407 e. The van der Waals surface area contributed by atoms with Gasteiger partial charge in [-0.3, -0.25) is 0 Å². The number of pyridine rings is 1. The number of hydrogen-bond acceptors (Lipinski definition) is 3. The van der Waals surface area contributed by atoms with E-state index >= 15 is 0 Å². The van der Waals surface area contributed by atoms with Crippen molar-refractivity contribution in [3.63, 3.8) is 0 Å². The van der Waals surface area contributed by atoms with Gasteiger partial charge in [-0.05, 0) is 54.5 Å². The average Bonchev–Trinajstić information content (AvgIpc) is 3.06. The van der Waals surface area contributed by atoms with Gasteiger partial charge in [0.2, 0.25) is 0 Å². The Bertz CT molecular complexity index is 801. The first-order chi connectivity index (χ1) is 12.5. The van der Waals surface area contributed by atoms with Crippen LogP contribution in [0.25, 0.3) is 11.1 Å². The van der Waals surface area contributed by atoms with Crippen molar-refractivity contribution in [3.8, 4) is 11.1 Å². The van der Waals surface area contributed by atoms with E-state index in [1.165, 1.54) is 17.0 Å². The summed E-state index contributed by atoms with van der Waals surface area (Å²) in [6.07, 6.45) is 3.92. The van der Waals surface area contributed by atoms with Gasteiger partial charge in [-0.2, -0.15) is 0 Å². The molecule has 1 spiro atoms. The van der Waals surface area contributed by atoms with E-state index in [4.69, 9.17) is 5.11 Å². The van der Waals surface area contributed by atoms with Crippen LogP contribution in [0.15, 0.2) is 42.6 Å². The van der Waals surface area contributed by atoms with Crippen molar-refractivity contribution in [2.45, 2.75) is 25.3 Å². The van der Waals surface area contributed by atoms with Gasteiger partial charge >= 0.3 is 6.09 Å². The summed E-state index contributed by atoms with van der Waals surface area (Å²) >= 11 is 0. The number of benzene rings is 1. The molecule has 1 saturated carbocycles. The van der Waals surface area contributed by atoms with E-state index in [-0.39, 0.29) is 17.3 Å². The Morgan fingerprint density at radius 1 is 1.23 bits per heavy atom. The molecule has 2 fully saturated rings. The zero-order chi connectivity index (χ0) is 18.3. The maximum atomic E-state index is 13.0. The van der Waals surface area contributed by atoms with Crippen molar-refractivity contribution in [1.82, 2.24) is 9.88 Å². The van der Waals surface area contributed by atoms with Crippen LogP contribution in [0.5, 0.6) is 0 Å². The van der Waals surface area contributed by atoms with E-state index in [9.17, 15) is 9.18 Å². The van der Waals surface area contributed by atoms with Crippen LogP contribution in [-0.2, 0) is 0 Å². The second kappa shape index (κ2) is 6.27. The van der Waals surface area contributed by atoms with Crippen LogP contribution in [0.3, 0.4) is 0 Å². The summed E-state index contributed by atoms with van der Waals surface area (Å²) < 4.78 is 13.0. The van der Waals surface area contributed by atoms with Crippen LogP contribution >= 0.6 is 0 Å². The number of rotatable bonds is 3. The Kier molecular flexibility index (Phi) is 4.05. The normalized spacial score (nSPS) is 24.5. The van der Waals surface area contributed by atoms with Crippen LogP contribution in [0.1, 0.15) is 19.3 Å². The second-order valence-corrected chi connectivity index (χ2v) is 7.54. The number of amides is 1. The van der Waals surface area contributed by atoms with Crippen LogP contribution in [0.2, 0.25) is 0 Å². The highest BCUT2D eigenvalue weighted by atomic mass is 19.1. The number of halogens is 1. The van der Waals surface area contributed by atoms with E-state index in [0.717, 1.165) is 49.3 Å². The van der Waals surface area contributed by atoms with Crippen molar-refractivity contribution in [2.24, 2.45) is 5.41 Å². The zero-order valence-corrected chi connectivity index (χ0v) is 14.7. The minimum atomic E-state index is -0.849. The molecule has 5 nitrogen and oxygen atoms in total. The van der Waals surface area contributed by atoms with Gasteiger partial charge in [0.05, 0.1) is 0 Å². The van der Waals surface area contributed by atoms with E-state index in [1.807, 2.05) is 18.3 Å².